The van der Waals surface area contributed by atoms with Gasteiger partial charge in [-0.2, -0.15) is 11.8 Å². The van der Waals surface area contributed by atoms with Crippen LogP contribution in [0.3, 0.4) is 0 Å². The number of allylic oxidation sites excluding steroid dienone is 1. The molecule has 0 aromatic carbocycles. The maximum atomic E-state index is 6.24. The first kappa shape index (κ1) is 11.5. The third-order valence-corrected chi connectivity index (χ3v) is 7.65. The summed E-state index contributed by atoms with van der Waals surface area (Å²) in [6.07, 6.45) is 6.04. The summed E-state index contributed by atoms with van der Waals surface area (Å²) in [6.45, 7) is 8.62. The van der Waals surface area contributed by atoms with Gasteiger partial charge in [-0.25, -0.2) is 0 Å². The quantitative estimate of drug-likeness (QED) is 0.696. The summed E-state index contributed by atoms with van der Waals surface area (Å²) >= 11 is 2.14. The maximum Gasteiger partial charge on any atom is 0.143 e. The predicted molar refractivity (Wildman–Crippen MR) is 75.4 cm³/mol. The van der Waals surface area contributed by atoms with E-state index in [1.165, 1.54) is 31.4 Å². The van der Waals surface area contributed by atoms with Gasteiger partial charge in [0.15, 0.2) is 0 Å². The highest BCUT2D eigenvalue weighted by Crippen LogP contribution is 2.86. The van der Waals surface area contributed by atoms with Gasteiger partial charge in [-0.05, 0) is 42.8 Å². The normalized spacial score (nSPS) is 55.6. The van der Waals surface area contributed by atoms with Crippen molar-refractivity contribution in [2.45, 2.75) is 50.9 Å². The van der Waals surface area contributed by atoms with Gasteiger partial charge in [0, 0.05) is 16.6 Å². The smallest absolute Gasteiger partial charge is 0.143 e. The first-order valence-electron chi connectivity index (χ1n) is 7.37. The average Bonchev–Trinajstić information content (AvgIpc) is 2.74. The molecule has 98 valence electrons. The van der Waals surface area contributed by atoms with E-state index in [0.29, 0.717) is 22.9 Å². The van der Waals surface area contributed by atoms with Crippen LogP contribution >= 0.6 is 11.8 Å². The molecule has 0 N–H and O–H groups in total. The van der Waals surface area contributed by atoms with Gasteiger partial charge in [0.2, 0.25) is 0 Å². The van der Waals surface area contributed by atoms with Crippen molar-refractivity contribution in [2.24, 2.45) is 22.7 Å². The molecule has 0 aromatic rings. The van der Waals surface area contributed by atoms with Crippen molar-refractivity contribution in [1.82, 2.24) is 0 Å². The minimum Gasteiger partial charge on any atom is -0.486 e. The van der Waals surface area contributed by atoms with Crippen molar-refractivity contribution < 1.29 is 4.74 Å². The van der Waals surface area contributed by atoms with Crippen molar-refractivity contribution in [3.63, 3.8) is 0 Å². The Labute approximate surface area is 114 Å². The minimum absolute atomic E-state index is 0.499. The van der Waals surface area contributed by atoms with Crippen molar-refractivity contribution in [3.05, 3.63) is 18.1 Å². The van der Waals surface area contributed by atoms with Crippen LogP contribution in [0.1, 0.15) is 39.5 Å². The number of ether oxygens (including phenoxy) is 1. The minimum atomic E-state index is 0.499. The molecule has 6 atom stereocenters. The van der Waals surface area contributed by atoms with E-state index in [0.717, 1.165) is 16.9 Å². The molecular formula is C16H22OS. The largest absolute Gasteiger partial charge is 0.486 e. The van der Waals surface area contributed by atoms with Crippen LogP contribution in [-0.2, 0) is 4.74 Å². The Bertz CT molecular complexity index is 452. The molecule has 4 rings (SSSR count). The highest BCUT2D eigenvalue weighted by molar-refractivity contribution is 7.99. The van der Waals surface area contributed by atoms with Crippen molar-refractivity contribution in [1.29, 1.82) is 0 Å². The highest BCUT2D eigenvalue weighted by Gasteiger charge is 2.83. The molecule has 1 spiro atoms. The van der Waals surface area contributed by atoms with Gasteiger partial charge < -0.3 is 4.74 Å². The molecule has 1 heterocycles. The fourth-order valence-electron chi connectivity index (χ4n) is 5.69. The Morgan fingerprint density at radius 3 is 3.11 bits per heavy atom. The molecule has 0 aromatic heterocycles. The van der Waals surface area contributed by atoms with Crippen LogP contribution < -0.4 is 0 Å². The molecule has 3 aliphatic carbocycles. The Hall–Kier alpha value is -0.330. The summed E-state index contributed by atoms with van der Waals surface area (Å²) in [5.41, 5.74) is 4.29. The number of rotatable bonds is 2. The van der Waals surface area contributed by atoms with Crippen LogP contribution in [0.2, 0.25) is 0 Å². The standard InChI is InChI=1S/C16H22OS/c1-4-11-13-14(18-5-2)10(3)8-15-7-6-12(17-11)16(13,15)9-15/h10,12-14H,1,5-9H2,2-3H3. The topological polar surface area (TPSA) is 9.23 Å². The zero-order valence-corrected chi connectivity index (χ0v) is 12.2. The molecule has 1 nitrogen and oxygen atoms in total. The second kappa shape index (κ2) is 3.41. The summed E-state index contributed by atoms with van der Waals surface area (Å²) in [5.74, 6) is 3.76. The third kappa shape index (κ3) is 1.05. The molecule has 4 fully saturated rings. The lowest BCUT2D eigenvalue weighted by atomic mass is 9.69. The zero-order valence-electron chi connectivity index (χ0n) is 11.4. The average molecular weight is 262 g/mol. The van der Waals surface area contributed by atoms with Crippen molar-refractivity contribution >= 4 is 11.8 Å². The Morgan fingerprint density at radius 2 is 2.39 bits per heavy atom. The second-order valence-corrected chi connectivity index (χ2v) is 8.22. The predicted octanol–water partition coefficient (Wildman–Crippen LogP) is 4.00. The van der Waals surface area contributed by atoms with E-state index in [1.807, 2.05) is 0 Å². The van der Waals surface area contributed by atoms with E-state index in [4.69, 9.17) is 4.74 Å². The molecule has 4 aliphatic rings. The summed E-state index contributed by atoms with van der Waals surface area (Å²) < 4.78 is 6.24. The first-order chi connectivity index (χ1) is 8.68. The lowest BCUT2D eigenvalue weighted by molar-refractivity contribution is 0.120. The molecular weight excluding hydrogens is 240 g/mol. The SMILES string of the molecule is C=C=C1OC2CCC34CC(C)C(SCC)C1C23C4. The molecule has 2 heteroatoms. The molecule has 3 saturated carbocycles. The summed E-state index contributed by atoms with van der Waals surface area (Å²) in [4.78, 5) is 0. The van der Waals surface area contributed by atoms with E-state index >= 15 is 0 Å². The fourth-order valence-corrected chi connectivity index (χ4v) is 7.06. The van der Waals surface area contributed by atoms with Gasteiger partial charge in [0.05, 0.1) is 0 Å². The first-order valence-corrected chi connectivity index (χ1v) is 8.41. The van der Waals surface area contributed by atoms with Crippen LogP contribution in [0, 0.1) is 22.7 Å². The zero-order chi connectivity index (χ0) is 12.5. The van der Waals surface area contributed by atoms with E-state index < -0.39 is 0 Å². The molecule has 1 aliphatic heterocycles. The van der Waals surface area contributed by atoms with E-state index in [2.05, 4.69) is 37.9 Å². The lowest BCUT2D eigenvalue weighted by Gasteiger charge is -2.39. The van der Waals surface area contributed by atoms with Crippen LogP contribution in [0.15, 0.2) is 18.1 Å². The van der Waals surface area contributed by atoms with Gasteiger partial charge in [-0.3, -0.25) is 0 Å². The summed E-state index contributed by atoms with van der Waals surface area (Å²) in [7, 11) is 0. The molecule has 0 radical (unpaired) electrons. The Balaban J connectivity index is 1.81. The molecule has 6 unspecified atom stereocenters. The van der Waals surface area contributed by atoms with Gasteiger partial charge in [0.1, 0.15) is 11.9 Å². The third-order valence-electron chi connectivity index (χ3n) is 6.20. The van der Waals surface area contributed by atoms with Crippen LogP contribution in [0.4, 0.5) is 0 Å². The van der Waals surface area contributed by atoms with E-state index in [9.17, 15) is 0 Å². The Morgan fingerprint density at radius 1 is 1.56 bits per heavy atom. The molecule has 0 bridgehead atoms. The monoisotopic (exact) mass is 262 g/mol. The number of hydrogen-bond acceptors (Lipinski definition) is 2. The number of thioether (sulfide) groups is 1. The van der Waals surface area contributed by atoms with E-state index in [-0.39, 0.29) is 0 Å². The fraction of sp³-hybridized carbons (Fsp3) is 0.812. The molecule has 0 amide bonds. The lowest BCUT2D eigenvalue weighted by Crippen LogP contribution is -2.39. The molecule has 18 heavy (non-hydrogen) atoms. The summed E-state index contributed by atoms with van der Waals surface area (Å²) in [6, 6.07) is 0. The van der Waals surface area contributed by atoms with Gasteiger partial charge in [-0.15, -0.1) is 0 Å². The van der Waals surface area contributed by atoms with E-state index in [1.54, 1.807) is 0 Å². The van der Waals surface area contributed by atoms with Crippen molar-refractivity contribution in [2.75, 3.05) is 5.75 Å². The maximum absolute atomic E-state index is 6.24. The van der Waals surface area contributed by atoms with Crippen LogP contribution in [-0.4, -0.2) is 17.1 Å². The molecule has 1 saturated heterocycles. The highest BCUT2D eigenvalue weighted by atomic mass is 32.2. The second-order valence-electron chi connectivity index (χ2n) is 6.76. The Kier molecular flexibility index (Phi) is 2.17. The van der Waals surface area contributed by atoms with Gasteiger partial charge in [0.25, 0.3) is 0 Å². The summed E-state index contributed by atoms with van der Waals surface area (Å²) in [5, 5.41) is 0.734. The van der Waals surface area contributed by atoms with Gasteiger partial charge in [-0.1, -0.05) is 26.2 Å². The van der Waals surface area contributed by atoms with Gasteiger partial charge >= 0.3 is 0 Å². The van der Waals surface area contributed by atoms with Crippen molar-refractivity contribution in [3.8, 4) is 0 Å². The number of hydrogen-bond donors (Lipinski definition) is 0. The van der Waals surface area contributed by atoms with Crippen LogP contribution in [0.5, 0.6) is 0 Å². The van der Waals surface area contributed by atoms with Crippen LogP contribution in [0.25, 0.3) is 0 Å².